The molecule has 3 heteroatoms. The average molecular weight is 185 g/mol. The van der Waals surface area contributed by atoms with Crippen molar-refractivity contribution in [3.8, 4) is 0 Å². The van der Waals surface area contributed by atoms with Gasteiger partial charge in [-0.25, -0.2) is 0 Å². The Balaban J connectivity index is 2.08. The zero-order valence-electron chi connectivity index (χ0n) is 7.54. The first-order valence-electron chi connectivity index (χ1n) is 4.59. The fourth-order valence-electron chi connectivity index (χ4n) is 2.19. The van der Waals surface area contributed by atoms with Crippen LogP contribution in [0.2, 0.25) is 0 Å². The van der Waals surface area contributed by atoms with Gasteiger partial charge in [-0.2, -0.15) is 11.8 Å². The van der Waals surface area contributed by atoms with Gasteiger partial charge in [0, 0.05) is 17.7 Å². The van der Waals surface area contributed by atoms with Crippen molar-refractivity contribution < 1.29 is 4.79 Å². The Morgan fingerprint density at radius 3 is 3.00 bits per heavy atom. The van der Waals surface area contributed by atoms with E-state index >= 15 is 0 Å². The second-order valence-electron chi connectivity index (χ2n) is 4.10. The molecule has 0 aromatic rings. The summed E-state index contributed by atoms with van der Waals surface area (Å²) < 4.78 is 0. The number of rotatable bonds is 1. The number of carbonyl (C=O) groups is 1. The molecule has 2 aliphatic heterocycles. The van der Waals surface area contributed by atoms with Gasteiger partial charge in [-0.3, -0.25) is 4.79 Å². The van der Waals surface area contributed by atoms with Crippen LogP contribution in [0, 0.1) is 11.8 Å². The van der Waals surface area contributed by atoms with Gasteiger partial charge in [0.15, 0.2) is 0 Å². The second kappa shape index (κ2) is 2.95. The van der Waals surface area contributed by atoms with Crippen LogP contribution in [0.25, 0.3) is 0 Å². The van der Waals surface area contributed by atoms with Gasteiger partial charge >= 0.3 is 0 Å². The summed E-state index contributed by atoms with van der Waals surface area (Å²) in [5, 5.41) is 3.74. The summed E-state index contributed by atoms with van der Waals surface area (Å²) in [6.07, 6.45) is 0.765. The van der Waals surface area contributed by atoms with E-state index in [0.717, 1.165) is 6.42 Å². The van der Waals surface area contributed by atoms with Crippen LogP contribution in [-0.2, 0) is 4.79 Å². The predicted molar refractivity (Wildman–Crippen MR) is 51.1 cm³/mol. The molecule has 0 saturated carbocycles. The lowest BCUT2D eigenvalue weighted by Crippen LogP contribution is -2.37. The third-order valence-electron chi connectivity index (χ3n) is 2.80. The maximum Gasteiger partial charge on any atom is 0.220 e. The molecule has 2 fully saturated rings. The van der Waals surface area contributed by atoms with E-state index in [1.807, 2.05) is 11.8 Å². The number of hydrogen-bond donors (Lipinski definition) is 1. The molecule has 0 radical (unpaired) electrons. The molecule has 12 heavy (non-hydrogen) atoms. The molecule has 2 heterocycles. The van der Waals surface area contributed by atoms with Crippen LogP contribution >= 0.6 is 11.8 Å². The Morgan fingerprint density at radius 2 is 2.33 bits per heavy atom. The molecule has 0 spiro atoms. The first-order valence-corrected chi connectivity index (χ1v) is 5.64. The maximum atomic E-state index is 11.1. The minimum atomic E-state index is 0.260. The Labute approximate surface area is 77.5 Å². The molecule has 0 unspecified atom stereocenters. The highest BCUT2D eigenvalue weighted by Gasteiger charge is 2.44. The molecule has 0 aromatic carbocycles. The van der Waals surface area contributed by atoms with Gasteiger partial charge in [-0.15, -0.1) is 0 Å². The summed E-state index contributed by atoms with van der Waals surface area (Å²) in [5.41, 5.74) is 0. The number of carbonyl (C=O) groups excluding carboxylic acids is 1. The van der Waals surface area contributed by atoms with E-state index in [1.54, 1.807) is 0 Å². The molecule has 2 saturated heterocycles. The monoisotopic (exact) mass is 185 g/mol. The molecule has 68 valence electrons. The molecular formula is C9H15NOS. The molecular weight excluding hydrogens is 170 g/mol. The summed E-state index contributed by atoms with van der Waals surface area (Å²) in [5.74, 6) is 2.74. The maximum absolute atomic E-state index is 11.1. The van der Waals surface area contributed by atoms with Crippen LogP contribution < -0.4 is 5.32 Å². The van der Waals surface area contributed by atoms with Crippen molar-refractivity contribution in [2.75, 3.05) is 5.75 Å². The number of fused-ring (bicyclic) bond motifs is 1. The van der Waals surface area contributed by atoms with E-state index in [0.29, 0.717) is 23.1 Å². The highest BCUT2D eigenvalue weighted by atomic mass is 32.2. The van der Waals surface area contributed by atoms with Gasteiger partial charge in [0.1, 0.15) is 0 Å². The van der Waals surface area contributed by atoms with Crippen LogP contribution in [0.4, 0.5) is 0 Å². The highest BCUT2D eigenvalue weighted by molar-refractivity contribution is 8.00. The van der Waals surface area contributed by atoms with E-state index in [1.165, 1.54) is 5.75 Å². The summed E-state index contributed by atoms with van der Waals surface area (Å²) >= 11 is 2.03. The summed E-state index contributed by atoms with van der Waals surface area (Å²) in [4.78, 5) is 11.1. The van der Waals surface area contributed by atoms with Crippen LogP contribution in [-0.4, -0.2) is 23.0 Å². The normalized spacial score (nSPS) is 40.2. The number of thioether (sulfide) groups is 1. The standard InChI is InChI=1S/C9H15NOS/c1-5(2)9-8-6(4-12-9)3-7(11)10-8/h5-6,8-9H,3-4H2,1-2H3,(H,10,11)/t6-,8-,9-/m0/s1. The lowest BCUT2D eigenvalue weighted by atomic mass is 9.95. The van der Waals surface area contributed by atoms with E-state index < -0.39 is 0 Å². The Hall–Kier alpha value is -0.180. The van der Waals surface area contributed by atoms with Crippen molar-refractivity contribution in [3.05, 3.63) is 0 Å². The van der Waals surface area contributed by atoms with Gasteiger partial charge in [-0.05, 0) is 17.6 Å². The van der Waals surface area contributed by atoms with Gasteiger partial charge < -0.3 is 5.32 Å². The molecule has 1 amide bonds. The van der Waals surface area contributed by atoms with Gasteiger partial charge in [0.25, 0.3) is 0 Å². The Kier molecular flexibility index (Phi) is 2.07. The molecule has 2 nitrogen and oxygen atoms in total. The predicted octanol–water partition coefficient (Wildman–Crippen LogP) is 1.26. The van der Waals surface area contributed by atoms with Gasteiger partial charge in [0.2, 0.25) is 5.91 Å². The van der Waals surface area contributed by atoms with Crippen molar-refractivity contribution in [1.82, 2.24) is 5.32 Å². The first kappa shape index (κ1) is 8.42. The van der Waals surface area contributed by atoms with E-state index in [2.05, 4.69) is 19.2 Å². The Bertz CT molecular complexity index is 205. The van der Waals surface area contributed by atoms with Crippen molar-refractivity contribution in [3.63, 3.8) is 0 Å². The van der Waals surface area contributed by atoms with Crippen molar-refractivity contribution in [2.45, 2.75) is 31.6 Å². The zero-order chi connectivity index (χ0) is 8.72. The fraction of sp³-hybridized carbons (Fsp3) is 0.889. The van der Waals surface area contributed by atoms with Gasteiger partial charge in [0.05, 0.1) is 0 Å². The largest absolute Gasteiger partial charge is 0.352 e. The molecule has 0 bridgehead atoms. The molecule has 0 aliphatic carbocycles. The quantitative estimate of drug-likeness (QED) is 0.666. The number of nitrogens with one attached hydrogen (secondary N) is 1. The highest BCUT2D eigenvalue weighted by Crippen LogP contribution is 2.40. The van der Waals surface area contributed by atoms with Crippen molar-refractivity contribution >= 4 is 17.7 Å². The minimum absolute atomic E-state index is 0.260. The topological polar surface area (TPSA) is 29.1 Å². The molecule has 1 N–H and O–H groups in total. The fourth-order valence-corrected chi connectivity index (χ4v) is 3.86. The number of amides is 1. The van der Waals surface area contributed by atoms with E-state index in [9.17, 15) is 4.79 Å². The van der Waals surface area contributed by atoms with E-state index in [4.69, 9.17) is 0 Å². The Morgan fingerprint density at radius 1 is 1.58 bits per heavy atom. The SMILES string of the molecule is CC(C)[C@@H]1SC[C@@H]2CC(=O)N[C@@H]21. The summed E-state index contributed by atoms with van der Waals surface area (Å²) in [7, 11) is 0. The number of hydrogen-bond acceptors (Lipinski definition) is 2. The average Bonchev–Trinajstić information content (AvgIpc) is 2.43. The third kappa shape index (κ3) is 1.24. The zero-order valence-corrected chi connectivity index (χ0v) is 8.36. The van der Waals surface area contributed by atoms with Crippen LogP contribution in [0.15, 0.2) is 0 Å². The molecule has 0 aromatic heterocycles. The molecule has 3 atom stereocenters. The third-order valence-corrected chi connectivity index (χ3v) is 4.64. The smallest absolute Gasteiger partial charge is 0.220 e. The van der Waals surface area contributed by atoms with Crippen molar-refractivity contribution in [1.29, 1.82) is 0 Å². The summed E-state index contributed by atoms with van der Waals surface area (Å²) in [6.45, 7) is 4.48. The second-order valence-corrected chi connectivity index (χ2v) is 5.31. The lowest BCUT2D eigenvalue weighted by Gasteiger charge is -2.20. The molecule has 2 rings (SSSR count). The first-order chi connectivity index (χ1) is 5.68. The van der Waals surface area contributed by atoms with Crippen LogP contribution in [0.5, 0.6) is 0 Å². The molecule has 2 aliphatic rings. The van der Waals surface area contributed by atoms with E-state index in [-0.39, 0.29) is 5.91 Å². The van der Waals surface area contributed by atoms with Crippen LogP contribution in [0.3, 0.4) is 0 Å². The van der Waals surface area contributed by atoms with Crippen LogP contribution in [0.1, 0.15) is 20.3 Å². The van der Waals surface area contributed by atoms with Crippen molar-refractivity contribution in [2.24, 2.45) is 11.8 Å². The van der Waals surface area contributed by atoms with Gasteiger partial charge in [-0.1, -0.05) is 13.8 Å². The minimum Gasteiger partial charge on any atom is -0.352 e. The summed E-state index contributed by atoms with van der Waals surface area (Å²) in [6, 6.07) is 0.475. The lowest BCUT2D eigenvalue weighted by molar-refractivity contribution is -0.119.